The van der Waals surface area contributed by atoms with E-state index in [9.17, 15) is 9.90 Å². The number of rotatable bonds is 3. The number of aliphatic hydroxyl groups is 1. The maximum Gasteiger partial charge on any atom is 0.251 e. The van der Waals surface area contributed by atoms with E-state index in [1.807, 2.05) is 6.07 Å². The fourth-order valence-corrected chi connectivity index (χ4v) is 2.32. The lowest BCUT2D eigenvalue weighted by Crippen LogP contribution is -2.56. The highest BCUT2D eigenvalue weighted by Crippen LogP contribution is 2.31. The largest absolute Gasteiger partial charge is 0.394 e. The van der Waals surface area contributed by atoms with E-state index in [1.165, 1.54) is 0 Å². The summed E-state index contributed by atoms with van der Waals surface area (Å²) in [7, 11) is 0. The van der Waals surface area contributed by atoms with Crippen molar-refractivity contribution in [1.82, 2.24) is 15.5 Å². The van der Waals surface area contributed by atoms with Crippen molar-refractivity contribution in [1.29, 1.82) is 0 Å². The van der Waals surface area contributed by atoms with Gasteiger partial charge in [-0.1, -0.05) is 6.07 Å². The summed E-state index contributed by atoms with van der Waals surface area (Å²) >= 11 is 0. The fraction of sp³-hybridized carbons (Fsp3) is 0.385. The smallest absolute Gasteiger partial charge is 0.251 e. The topological polar surface area (TPSA) is 78.0 Å². The van der Waals surface area contributed by atoms with Crippen molar-refractivity contribution in [3.8, 4) is 0 Å². The van der Waals surface area contributed by atoms with Gasteiger partial charge in [-0.2, -0.15) is 5.10 Å². The molecule has 0 atom stereocenters. The minimum absolute atomic E-state index is 0.00500. The minimum Gasteiger partial charge on any atom is -0.394 e. The molecular weight excluding hydrogens is 230 g/mol. The van der Waals surface area contributed by atoms with E-state index in [-0.39, 0.29) is 12.5 Å². The number of aromatic nitrogens is 2. The second kappa shape index (κ2) is 4.10. The molecule has 0 saturated heterocycles. The summed E-state index contributed by atoms with van der Waals surface area (Å²) in [5.74, 6) is -0.139. The van der Waals surface area contributed by atoms with Crippen LogP contribution in [0.4, 0.5) is 0 Å². The van der Waals surface area contributed by atoms with Gasteiger partial charge in [0, 0.05) is 10.9 Å². The molecule has 1 amide bonds. The van der Waals surface area contributed by atoms with E-state index in [0.717, 1.165) is 30.2 Å². The average Bonchev–Trinajstić information content (AvgIpc) is 2.80. The predicted octanol–water partition coefficient (Wildman–Crippen LogP) is 1.21. The number of benzene rings is 1. The summed E-state index contributed by atoms with van der Waals surface area (Å²) in [6, 6.07) is 5.42. The number of hydrogen-bond acceptors (Lipinski definition) is 3. The van der Waals surface area contributed by atoms with Gasteiger partial charge in [0.05, 0.1) is 23.9 Å². The van der Waals surface area contributed by atoms with Gasteiger partial charge < -0.3 is 10.4 Å². The van der Waals surface area contributed by atoms with Crippen molar-refractivity contribution >= 4 is 16.8 Å². The van der Waals surface area contributed by atoms with Crippen LogP contribution in [0, 0.1) is 0 Å². The maximum absolute atomic E-state index is 12.1. The van der Waals surface area contributed by atoms with Gasteiger partial charge in [0.15, 0.2) is 0 Å². The Bertz CT molecular complexity index is 581. The Balaban J connectivity index is 1.83. The van der Waals surface area contributed by atoms with Crippen LogP contribution in [0.1, 0.15) is 29.6 Å². The monoisotopic (exact) mass is 245 g/mol. The van der Waals surface area contributed by atoms with Crippen LogP contribution in [0.5, 0.6) is 0 Å². The van der Waals surface area contributed by atoms with Crippen LogP contribution in [0.25, 0.3) is 10.9 Å². The number of H-pyrrole nitrogens is 1. The van der Waals surface area contributed by atoms with Gasteiger partial charge in [-0.15, -0.1) is 0 Å². The first-order valence-corrected chi connectivity index (χ1v) is 6.09. The number of fused-ring (bicyclic) bond motifs is 1. The van der Waals surface area contributed by atoms with Crippen molar-refractivity contribution in [2.45, 2.75) is 24.8 Å². The molecule has 94 valence electrons. The van der Waals surface area contributed by atoms with Gasteiger partial charge in [-0.25, -0.2) is 0 Å². The van der Waals surface area contributed by atoms with E-state index in [1.54, 1.807) is 18.3 Å². The average molecular weight is 245 g/mol. The van der Waals surface area contributed by atoms with Crippen molar-refractivity contribution in [3.63, 3.8) is 0 Å². The standard InChI is InChI=1S/C13H15N3O2/c17-8-13(4-1-5-13)15-12(18)9-2-3-10-7-14-16-11(10)6-9/h2-3,6-7,17H,1,4-5,8H2,(H,14,16)(H,15,18). The zero-order valence-electron chi connectivity index (χ0n) is 9.94. The van der Waals surface area contributed by atoms with Crippen LogP contribution in [0.15, 0.2) is 24.4 Å². The molecule has 0 radical (unpaired) electrons. The number of carbonyl (C=O) groups is 1. The summed E-state index contributed by atoms with van der Waals surface area (Å²) in [5.41, 5.74) is 1.03. The molecule has 0 spiro atoms. The molecule has 3 rings (SSSR count). The van der Waals surface area contributed by atoms with E-state index in [4.69, 9.17) is 0 Å². The SMILES string of the molecule is O=C(NC1(CO)CCC1)c1ccc2cn[nH]c2c1. The van der Waals surface area contributed by atoms with Gasteiger partial charge in [-0.3, -0.25) is 9.89 Å². The van der Waals surface area contributed by atoms with Crippen LogP contribution in [-0.2, 0) is 0 Å². The third-order valence-electron chi connectivity index (χ3n) is 3.70. The molecule has 0 bridgehead atoms. The Labute approximate surface area is 104 Å². The first kappa shape index (κ1) is 11.2. The highest BCUT2D eigenvalue weighted by molar-refractivity contribution is 5.98. The van der Waals surface area contributed by atoms with E-state index in [2.05, 4.69) is 15.5 Å². The predicted molar refractivity (Wildman–Crippen MR) is 67.2 cm³/mol. The Kier molecular flexibility index (Phi) is 2.56. The van der Waals surface area contributed by atoms with Crippen molar-refractivity contribution in [2.75, 3.05) is 6.61 Å². The lowest BCUT2D eigenvalue weighted by molar-refractivity contribution is 0.0642. The normalized spacial score (nSPS) is 17.4. The molecule has 1 aromatic heterocycles. The van der Waals surface area contributed by atoms with Gasteiger partial charge in [0.25, 0.3) is 5.91 Å². The molecule has 1 heterocycles. The zero-order valence-corrected chi connectivity index (χ0v) is 9.94. The lowest BCUT2D eigenvalue weighted by atomic mass is 9.77. The van der Waals surface area contributed by atoms with Crippen LogP contribution >= 0.6 is 0 Å². The highest BCUT2D eigenvalue weighted by atomic mass is 16.3. The molecule has 5 heteroatoms. The summed E-state index contributed by atoms with van der Waals surface area (Å²) in [6.45, 7) is 0.00500. The Morgan fingerprint density at radius 2 is 2.33 bits per heavy atom. The van der Waals surface area contributed by atoms with Crippen LogP contribution in [0.3, 0.4) is 0 Å². The number of aliphatic hydroxyl groups excluding tert-OH is 1. The quantitative estimate of drug-likeness (QED) is 0.760. The van der Waals surface area contributed by atoms with Crippen molar-refractivity contribution in [3.05, 3.63) is 30.0 Å². The molecule has 5 nitrogen and oxygen atoms in total. The van der Waals surface area contributed by atoms with Gasteiger partial charge in [-0.05, 0) is 31.4 Å². The van der Waals surface area contributed by atoms with Gasteiger partial charge in [0.2, 0.25) is 0 Å². The summed E-state index contributed by atoms with van der Waals surface area (Å²) in [4.78, 5) is 12.1. The number of hydrogen-bond donors (Lipinski definition) is 3. The number of amides is 1. The Hall–Kier alpha value is -1.88. The number of nitrogens with zero attached hydrogens (tertiary/aromatic N) is 1. The third-order valence-corrected chi connectivity index (χ3v) is 3.70. The molecule has 1 fully saturated rings. The van der Waals surface area contributed by atoms with E-state index < -0.39 is 5.54 Å². The second-order valence-corrected chi connectivity index (χ2v) is 4.92. The molecule has 18 heavy (non-hydrogen) atoms. The molecule has 1 saturated carbocycles. The number of aromatic amines is 1. The van der Waals surface area contributed by atoms with Crippen LogP contribution in [0.2, 0.25) is 0 Å². The Morgan fingerprint density at radius 1 is 1.50 bits per heavy atom. The summed E-state index contributed by atoms with van der Waals surface area (Å²) in [5, 5.41) is 20.0. The maximum atomic E-state index is 12.1. The molecule has 1 aromatic carbocycles. The lowest BCUT2D eigenvalue weighted by Gasteiger charge is -2.40. The molecule has 0 unspecified atom stereocenters. The zero-order chi connectivity index (χ0) is 12.6. The van der Waals surface area contributed by atoms with Gasteiger partial charge >= 0.3 is 0 Å². The molecule has 3 N–H and O–H groups in total. The van der Waals surface area contributed by atoms with E-state index in [0.29, 0.717) is 5.56 Å². The highest BCUT2D eigenvalue weighted by Gasteiger charge is 2.37. The van der Waals surface area contributed by atoms with Crippen molar-refractivity contribution < 1.29 is 9.90 Å². The molecule has 1 aliphatic rings. The van der Waals surface area contributed by atoms with E-state index >= 15 is 0 Å². The van der Waals surface area contributed by atoms with Gasteiger partial charge in [0.1, 0.15) is 0 Å². The molecular formula is C13H15N3O2. The van der Waals surface area contributed by atoms with Crippen LogP contribution < -0.4 is 5.32 Å². The first-order chi connectivity index (χ1) is 8.72. The van der Waals surface area contributed by atoms with Crippen LogP contribution in [-0.4, -0.2) is 33.4 Å². The minimum atomic E-state index is -0.403. The summed E-state index contributed by atoms with van der Waals surface area (Å²) in [6.07, 6.45) is 4.47. The molecule has 2 aromatic rings. The third kappa shape index (κ3) is 1.76. The number of carbonyl (C=O) groups excluding carboxylic acids is 1. The molecule has 0 aliphatic heterocycles. The Morgan fingerprint density at radius 3 is 3.00 bits per heavy atom. The van der Waals surface area contributed by atoms with Crippen molar-refractivity contribution in [2.24, 2.45) is 0 Å². The fourth-order valence-electron chi connectivity index (χ4n) is 2.32. The number of nitrogens with one attached hydrogen (secondary N) is 2. The molecule has 1 aliphatic carbocycles. The first-order valence-electron chi connectivity index (χ1n) is 6.09. The second-order valence-electron chi connectivity index (χ2n) is 4.92. The summed E-state index contributed by atoms with van der Waals surface area (Å²) < 4.78 is 0.